The maximum atomic E-state index is 12.5. The van der Waals surface area contributed by atoms with Crippen LogP contribution in [0.1, 0.15) is 48.9 Å². The second kappa shape index (κ2) is 7.88. The van der Waals surface area contributed by atoms with Crippen LogP contribution in [0, 0.1) is 0 Å². The molecule has 0 bridgehead atoms. The van der Waals surface area contributed by atoms with Crippen LogP contribution in [0.3, 0.4) is 0 Å². The van der Waals surface area contributed by atoms with E-state index in [1.54, 1.807) is 6.07 Å². The molecule has 0 unspecified atom stereocenters. The van der Waals surface area contributed by atoms with Gasteiger partial charge in [0, 0.05) is 18.5 Å². The first-order chi connectivity index (χ1) is 10.7. The zero-order chi connectivity index (χ0) is 15.4. The van der Waals surface area contributed by atoms with Gasteiger partial charge in [-0.05, 0) is 25.0 Å². The summed E-state index contributed by atoms with van der Waals surface area (Å²) in [6, 6.07) is 5.43. The maximum absolute atomic E-state index is 12.5. The summed E-state index contributed by atoms with van der Waals surface area (Å²) >= 11 is 0. The minimum absolute atomic E-state index is 0. The van der Waals surface area contributed by atoms with E-state index in [0.717, 1.165) is 32.1 Å². The van der Waals surface area contributed by atoms with Gasteiger partial charge in [0.2, 0.25) is 0 Å². The van der Waals surface area contributed by atoms with Crippen molar-refractivity contribution in [2.45, 2.75) is 44.1 Å². The molecule has 1 aliphatic carbocycles. The lowest BCUT2D eigenvalue weighted by Gasteiger charge is -2.33. The largest absolute Gasteiger partial charge is 0.490 e. The Morgan fingerprint density at radius 1 is 1.13 bits per heavy atom. The van der Waals surface area contributed by atoms with Crippen LogP contribution in [-0.4, -0.2) is 31.2 Å². The van der Waals surface area contributed by atoms with Crippen molar-refractivity contribution < 1.29 is 14.3 Å². The van der Waals surface area contributed by atoms with E-state index >= 15 is 0 Å². The molecule has 1 fully saturated rings. The van der Waals surface area contributed by atoms with Crippen molar-refractivity contribution in [3.05, 3.63) is 23.8 Å². The van der Waals surface area contributed by atoms with Crippen LogP contribution in [0.25, 0.3) is 0 Å². The van der Waals surface area contributed by atoms with Crippen LogP contribution in [0.2, 0.25) is 0 Å². The van der Waals surface area contributed by atoms with E-state index in [2.05, 4.69) is 5.32 Å². The number of carbonyl (C=O) groups excluding carboxylic acids is 1. The van der Waals surface area contributed by atoms with Gasteiger partial charge in [0.1, 0.15) is 0 Å². The van der Waals surface area contributed by atoms with Crippen molar-refractivity contribution in [3.8, 4) is 11.5 Å². The van der Waals surface area contributed by atoms with E-state index < -0.39 is 0 Å². The van der Waals surface area contributed by atoms with Gasteiger partial charge in [0.25, 0.3) is 5.91 Å². The van der Waals surface area contributed by atoms with E-state index in [1.165, 1.54) is 6.42 Å². The highest BCUT2D eigenvalue weighted by molar-refractivity contribution is 5.97. The number of hydrogen-bond acceptors (Lipinski definition) is 4. The summed E-state index contributed by atoms with van der Waals surface area (Å²) in [5, 5.41) is 2.98. The van der Waals surface area contributed by atoms with E-state index in [4.69, 9.17) is 15.2 Å². The molecule has 1 amide bonds. The second-order valence-electron chi connectivity index (χ2n) is 6.29. The fourth-order valence-corrected chi connectivity index (χ4v) is 3.16. The van der Waals surface area contributed by atoms with Crippen LogP contribution >= 0.6 is 12.4 Å². The number of benzene rings is 1. The van der Waals surface area contributed by atoms with Crippen molar-refractivity contribution in [3.63, 3.8) is 0 Å². The number of halogens is 1. The molecular formula is C17H25ClN2O3. The highest BCUT2D eigenvalue weighted by Crippen LogP contribution is 2.33. The molecule has 1 aromatic rings. The number of nitrogens with two attached hydrogens (primary N) is 1. The summed E-state index contributed by atoms with van der Waals surface area (Å²) in [5.41, 5.74) is 6.64. The van der Waals surface area contributed by atoms with Gasteiger partial charge in [-0.25, -0.2) is 0 Å². The van der Waals surface area contributed by atoms with Crippen molar-refractivity contribution >= 4 is 18.3 Å². The molecule has 0 saturated heterocycles. The number of carbonyl (C=O) groups is 1. The van der Waals surface area contributed by atoms with E-state index in [9.17, 15) is 4.79 Å². The Morgan fingerprint density at radius 2 is 1.87 bits per heavy atom. The molecule has 0 spiro atoms. The highest BCUT2D eigenvalue weighted by Gasteiger charge is 2.28. The number of fused-ring (bicyclic) bond motifs is 1. The molecule has 128 valence electrons. The Kier molecular flexibility index (Phi) is 6.13. The number of hydrogen-bond donors (Lipinski definition) is 2. The van der Waals surface area contributed by atoms with Crippen LogP contribution in [0.5, 0.6) is 11.5 Å². The van der Waals surface area contributed by atoms with Gasteiger partial charge in [-0.3, -0.25) is 4.79 Å². The van der Waals surface area contributed by atoms with Crippen molar-refractivity contribution in [2.75, 3.05) is 19.8 Å². The molecule has 2 aliphatic rings. The molecule has 1 aliphatic heterocycles. The smallest absolute Gasteiger partial charge is 0.255 e. The zero-order valence-corrected chi connectivity index (χ0v) is 14.1. The van der Waals surface area contributed by atoms with Crippen LogP contribution < -0.4 is 20.5 Å². The lowest BCUT2D eigenvalue weighted by molar-refractivity contribution is 0.0933. The topological polar surface area (TPSA) is 73.6 Å². The van der Waals surface area contributed by atoms with Crippen molar-refractivity contribution in [1.29, 1.82) is 0 Å². The molecule has 3 N–H and O–H groups in total. The quantitative estimate of drug-likeness (QED) is 0.887. The number of amides is 1. The molecule has 0 atom stereocenters. The standard InChI is InChI=1S/C17H24N2O3.ClH/c18-17(8-2-1-3-9-17)12-19-16(20)13-6-4-7-14-15(13)22-11-5-10-21-14;/h4,6-7H,1-3,5,8-12,18H2,(H,19,20);1H. The van der Waals surface area contributed by atoms with Gasteiger partial charge < -0.3 is 20.5 Å². The third kappa shape index (κ3) is 4.30. The average molecular weight is 341 g/mol. The lowest BCUT2D eigenvalue weighted by Crippen LogP contribution is -2.51. The average Bonchev–Trinajstić information content (AvgIpc) is 2.78. The van der Waals surface area contributed by atoms with Gasteiger partial charge in [-0.1, -0.05) is 25.3 Å². The van der Waals surface area contributed by atoms with Crippen LogP contribution in [-0.2, 0) is 0 Å². The minimum atomic E-state index is -0.267. The Hall–Kier alpha value is -1.46. The third-order valence-electron chi connectivity index (χ3n) is 4.47. The van der Waals surface area contributed by atoms with Crippen LogP contribution in [0.4, 0.5) is 0 Å². The van der Waals surface area contributed by atoms with Gasteiger partial charge in [-0.15, -0.1) is 12.4 Å². The Balaban J connectivity index is 0.00000192. The fourth-order valence-electron chi connectivity index (χ4n) is 3.16. The predicted octanol–water partition coefficient (Wildman–Crippen LogP) is 2.66. The van der Waals surface area contributed by atoms with E-state index in [1.807, 2.05) is 12.1 Å². The molecule has 1 heterocycles. The maximum Gasteiger partial charge on any atom is 0.255 e. The first-order valence-electron chi connectivity index (χ1n) is 8.14. The summed E-state index contributed by atoms with van der Waals surface area (Å²) < 4.78 is 11.3. The highest BCUT2D eigenvalue weighted by atomic mass is 35.5. The van der Waals surface area contributed by atoms with Gasteiger partial charge >= 0.3 is 0 Å². The Bertz CT molecular complexity index is 545. The SMILES string of the molecule is Cl.NC1(CNC(=O)c2cccc3c2OCCCO3)CCCCC1. The summed E-state index contributed by atoms with van der Waals surface area (Å²) in [6.07, 6.45) is 6.29. The third-order valence-corrected chi connectivity index (χ3v) is 4.47. The summed E-state index contributed by atoms with van der Waals surface area (Å²) in [7, 11) is 0. The fraction of sp³-hybridized carbons (Fsp3) is 0.588. The number of nitrogens with one attached hydrogen (secondary N) is 1. The van der Waals surface area contributed by atoms with Gasteiger partial charge in [0.15, 0.2) is 11.5 Å². The van der Waals surface area contributed by atoms with Crippen molar-refractivity contribution in [2.24, 2.45) is 5.73 Å². The number of rotatable bonds is 3. The molecule has 0 aromatic heterocycles. The Labute approximate surface area is 143 Å². The van der Waals surface area contributed by atoms with Crippen LogP contribution in [0.15, 0.2) is 18.2 Å². The minimum Gasteiger partial charge on any atom is -0.490 e. The van der Waals surface area contributed by atoms with Gasteiger partial charge in [0.05, 0.1) is 18.8 Å². The number of ether oxygens (including phenoxy) is 2. The van der Waals surface area contributed by atoms with E-state index in [0.29, 0.717) is 36.8 Å². The molecule has 0 radical (unpaired) electrons. The monoisotopic (exact) mass is 340 g/mol. The number of para-hydroxylation sites is 1. The molecule has 6 heteroatoms. The Morgan fingerprint density at radius 3 is 2.65 bits per heavy atom. The van der Waals surface area contributed by atoms with Crippen molar-refractivity contribution in [1.82, 2.24) is 5.32 Å². The molecule has 3 rings (SSSR count). The lowest BCUT2D eigenvalue weighted by atomic mass is 9.82. The zero-order valence-electron chi connectivity index (χ0n) is 13.3. The molecule has 1 saturated carbocycles. The predicted molar refractivity (Wildman–Crippen MR) is 91.6 cm³/mol. The molecular weight excluding hydrogens is 316 g/mol. The van der Waals surface area contributed by atoms with E-state index in [-0.39, 0.29) is 23.9 Å². The second-order valence-corrected chi connectivity index (χ2v) is 6.29. The molecule has 5 nitrogen and oxygen atoms in total. The molecule has 23 heavy (non-hydrogen) atoms. The normalized spacial score (nSPS) is 19.2. The first kappa shape index (κ1) is 17.9. The summed E-state index contributed by atoms with van der Waals surface area (Å²) in [4.78, 5) is 12.5. The summed E-state index contributed by atoms with van der Waals surface area (Å²) in [6.45, 7) is 1.69. The summed E-state index contributed by atoms with van der Waals surface area (Å²) in [5.74, 6) is 1.05. The first-order valence-corrected chi connectivity index (χ1v) is 8.14. The van der Waals surface area contributed by atoms with Gasteiger partial charge in [-0.2, -0.15) is 0 Å². The molecule has 1 aromatic carbocycles.